The van der Waals surface area contributed by atoms with E-state index in [-0.39, 0.29) is 31.5 Å². The Balaban J connectivity index is 0. The lowest BCUT2D eigenvalue weighted by atomic mass is 10.1. The van der Waals surface area contributed by atoms with Crippen molar-refractivity contribution in [2.24, 2.45) is 17.8 Å². The normalized spacial score (nSPS) is 37.8. The summed E-state index contributed by atoms with van der Waals surface area (Å²) in [5.74, 6) is 2.78. The maximum atomic E-state index is 10.9. The Morgan fingerprint density at radius 3 is 0.724 bits per heavy atom. The fourth-order valence-corrected chi connectivity index (χ4v) is 4.63. The molecule has 3 fully saturated rings. The van der Waals surface area contributed by atoms with Crippen molar-refractivity contribution in [3.8, 4) is 0 Å². The van der Waals surface area contributed by atoms with Crippen LogP contribution in [0, 0.1) is 17.8 Å². The lowest BCUT2D eigenvalue weighted by Gasteiger charge is -2.05. The molecule has 3 aliphatic carbocycles. The first-order valence-electron chi connectivity index (χ1n) is 10.3. The highest BCUT2D eigenvalue weighted by Crippen LogP contribution is 2.40. The van der Waals surface area contributed by atoms with E-state index in [0.29, 0.717) is 35.1 Å². The van der Waals surface area contributed by atoms with Crippen LogP contribution < -0.4 is 16.0 Å². The van der Waals surface area contributed by atoms with E-state index in [2.05, 4.69) is 20.8 Å². The van der Waals surface area contributed by atoms with Crippen LogP contribution in [0.4, 0.5) is 0 Å². The molecule has 3 aliphatic rings. The van der Waals surface area contributed by atoms with Gasteiger partial charge < -0.3 is 16.0 Å². The zero-order valence-corrected chi connectivity index (χ0v) is 18.8. The monoisotopic (exact) mass is 416 g/mol. The van der Waals surface area contributed by atoms with E-state index in [1.165, 1.54) is 0 Å². The van der Waals surface area contributed by atoms with Crippen molar-refractivity contribution < 1.29 is 30.3 Å². The third-order valence-corrected chi connectivity index (χ3v) is 7.60. The number of carbonyl (C=O) groups is 3. The molecule has 6 N–H and O–H groups in total. The molecule has 0 aliphatic heterocycles. The topological polar surface area (TPSA) is 101 Å². The summed E-state index contributed by atoms with van der Waals surface area (Å²) in [4.78, 5) is 32.8. The number of carbonyl (C=O) groups excluding carboxylic acids is 3. The van der Waals surface area contributed by atoms with Crippen LogP contribution >= 0.6 is 0 Å². The van der Waals surface area contributed by atoms with E-state index in [9.17, 15) is 14.4 Å². The van der Waals surface area contributed by atoms with Gasteiger partial charge in [-0.1, -0.05) is 35.6 Å². The van der Waals surface area contributed by atoms with Gasteiger partial charge in [-0.2, -0.15) is 0 Å². The van der Waals surface area contributed by atoms with Crippen LogP contribution in [0.25, 0.3) is 0 Å². The van der Waals surface area contributed by atoms with Crippen molar-refractivity contribution >= 4 is 17.3 Å². The Kier molecular flexibility index (Phi) is 11.2. The van der Waals surface area contributed by atoms with E-state index in [1.54, 1.807) is 20.8 Å². The van der Waals surface area contributed by atoms with Crippen LogP contribution in [0.3, 0.4) is 0 Å². The van der Waals surface area contributed by atoms with Crippen LogP contribution in [-0.4, -0.2) is 55.1 Å². The molecule has 6 heteroatoms. The van der Waals surface area contributed by atoms with Crippen LogP contribution in [0.15, 0.2) is 0 Å². The number of likely N-dealkylation sites (N-methyl/N-ethyl adjacent to an activating group) is 3. The van der Waals surface area contributed by atoms with Crippen molar-refractivity contribution in [3.05, 3.63) is 0 Å². The van der Waals surface area contributed by atoms with Gasteiger partial charge in [-0.05, 0) is 0 Å². The smallest absolute Gasteiger partial charge is 0.190 e. The van der Waals surface area contributed by atoms with Gasteiger partial charge in [0.2, 0.25) is 0 Å². The molecule has 0 spiro atoms. The number of ketones is 3. The third-order valence-electron chi connectivity index (χ3n) is 7.60. The average Bonchev–Trinajstić information content (AvgIpc) is 3.52. The van der Waals surface area contributed by atoms with Crippen LogP contribution in [0.1, 0.15) is 75.7 Å². The predicted molar refractivity (Wildman–Crippen MR) is 119 cm³/mol. The van der Waals surface area contributed by atoms with E-state index in [0.717, 1.165) is 19.3 Å². The molecule has 4 unspecified atom stereocenters. The Morgan fingerprint density at radius 1 is 0.586 bits per heavy atom. The molecular weight excluding hydrogens is 366 g/mol. The molecule has 3 rings (SSSR count). The van der Waals surface area contributed by atoms with Crippen molar-refractivity contribution in [1.82, 2.24) is 0 Å². The van der Waals surface area contributed by atoms with Gasteiger partial charge in [-0.3, -0.25) is 14.4 Å². The summed E-state index contributed by atoms with van der Waals surface area (Å²) in [6.07, 6.45) is 3.20. The zero-order valence-electron chi connectivity index (χ0n) is 18.8. The van der Waals surface area contributed by atoms with E-state index in [4.69, 9.17) is 0 Å². The molecule has 0 heterocycles. The van der Waals surface area contributed by atoms with Crippen LogP contribution in [0.5, 0.6) is 0 Å². The second-order valence-electron chi connectivity index (χ2n) is 8.97. The largest absolute Gasteiger partial charge is 0.337 e. The first kappa shape index (κ1) is 30.1. The third kappa shape index (κ3) is 5.96. The van der Waals surface area contributed by atoms with Gasteiger partial charge in [0.1, 0.15) is 0 Å². The van der Waals surface area contributed by atoms with Gasteiger partial charge in [-0.15, -0.1) is 0 Å². The molecule has 0 bridgehead atoms. The van der Waals surface area contributed by atoms with E-state index < -0.39 is 0 Å². The van der Waals surface area contributed by atoms with Gasteiger partial charge in [0.05, 0.1) is 21.1 Å². The second-order valence-corrected chi connectivity index (χ2v) is 8.97. The number of hydrogen-bond acceptors (Lipinski definition) is 3. The number of rotatable bonds is 6. The summed E-state index contributed by atoms with van der Waals surface area (Å²) in [6.45, 7) is 11.4. The second kappa shape index (κ2) is 10.8. The summed E-state index contributed by atoms with van der Waals surface area (Å²) in [5.41, 5.74) is -0.0417. The molecule has 0 radical (unpaired) electrons. The lowest BCUT2D eigenvalue weighted by Crippen LogP contribution is -2.91. The summed E-state index contributed by atoms with van der Waals surface area (Å²) in [7, 11) is 5.93. The molecule has 172 valence electrons. The molecule has 0 aromatic rings. The van der Waals surface area contributed by atoms with Crippen molar-refractivity contribution in [1.29, 1.82) is 0 Å². The van der Waals surface area contributed by atoms with Crippen molar-refractivity contribution in [2.45, 2.75) is 92.3 Å². The quantitative estimate of drug-likeness (QED) is 0.564. The van der Waals surface area contributed by atoms with Crippen molar-refractivity contribution in [3.63, 3.8) is 0 Å². The fourth-order valence-electron chi connectivity index (χ4n) is 4.63. The molecule has 6 nitrogen and oxygen atoms in total. The van der Waals surface area contributed by atoms with Crippen LogP contribution in [0.2, 0.25) is 0 Å². The molecule has 0 saturated heterocycles. The summed E-state index contributed by atoms with van der Waals surface area (Å²) in [5, 5.41) is 6.12. The van der Waals surface area contributed by atoms with Gasteiger partial charge in [0.25, 0.3) is 0 Å². The maximum Gasteiger partial charge on any atom is 0.190 e. The van der Waals surface area contributed by atoms with Gasteiger partial charge in [0.15, 0.2) is 34.0 Å². The molecular formula is C23H50N3O3+3. The van der Waals surface area contributed by atoms with Gasteiger partial charge in [0, 0.05) is 57.8 Å². The SMILES string of the molecule is C.C.C[NH2+]C1(C(C)=O)CC1C.C[NH2+][C@@]1(C(C)=O)CC1C.C[NH2+][C@]1(C(C)=O)CC1C. The minimum Gasteiger partial charge on any atom is -0.337 e. The fraction of sp³-hybridized carbons (Fsp3) is 0.870. The number of Topliss-reactive ketones (excluding diaryl/α,β-unsaturated/α-hetero) is 3. The highest BCUT2D eigenvalue weighted by molar-refractivity contribution is 5.88. The highest BCUT2D eigenvalue weighted by atomic mass is 16.1. The molecule has 0 aromatic carbocycles. The van der Waals surface area contributed by atoms with Gasteiger partial charge in [-0.25, -0.2) is 0 Å². The lowest BCUT2D eigenvalue weighted by molar-refractivity contribution is -0.666. The van der Waals surface area contributed by atoms with E-state index in [1.807, 2.05) is 37.1 Å². The minimum atomic E-state index is -0.0139. The van der Waals surface area contributed by atoms with Crippen LogP contribution in [-0.2, 0) is 14.4 Å². The maximum absolute atomic E-state index is 10.9. The average molecular weight is 417 g/mol. The standard InChI is InChI=1S/3C7H13NO.2CH4/c3*1-5-4-7(5,8-3)6(2)9;;/h3*5,8H,4H2,1-3H3;2*1H4/p+3/t2*5?,7-;;;/m10.../s1. The molecule has 6 atom stereocenters. The number of nitrogens with two attached hydrogens (primary N) is 3. The molecule has 3 saturated carbocycles. The molecule has 0 aromatic heterocycles. The highest BCUT2D eigenvalue weighted by Gasteiger charge is 2.59. The predicted octanol–water partition coefficient (Wildman–Crippen LogP) is -0.0862. The minimum absolute atomic E-state index is 0. The summed E-state index contributed by atoms with van der Waals surface area (Å²) >= 11 is 0. The first-order chi connectivity index (χ1) is 12.4. The molecule has 29 heavy (non-hydrogen) atoms. The van der Waals surface area contributed by atoms with E-state index >= 15 is 0 Å². The Bertz CT molecular complexity index is 501. The van der Waals surface area contributed by atoms with Gasteiger partial charge >= 0.3 is 0 Å². The Labute approximate surface area is 179 Å². The Morgan fingerprint density at radius 2 is 0.724 bits per heavy atom. The number of hydrogen-bond donors (Lipinski definition) is 3. The number of quaternary nitrogens is 3. The first-order valence-corrected chi connectivity index (χ1v) is 10.3. The van der Waals surface area contributed by atoms with Crippen molar-refractivity contribution in [2.75, 3.05) is 21.1 Å². The summed E-state index contributed by atoms with van der Waals surface area (Å²) < 4.78 is 0. The Hall–Kier alpha value is -1.11. The summed E-state index contributed by atoms with van der Waals surface area (Å²) in [6, 6.07) is 0. The molecule has 0 amide bonds. The zero-order chi connectivity index (χ0) is 21.2.